The topological polar surface area (TPSA) is 56.8 Å². The molecule has 0 fully saturated rings. The normalized spacial score (nSPS) is 12.5. The van der Waals surface area contributed by atoms with Crippen LogP contribution in [0.3, 0.4) is 0 Å². The number of hydrogen-bond donors (Lipinski definition) is 1. The van der Waals surface area contributed by atoms with E-state index in [1.807, 2.05) is 13.8 Å². The van der Waals surface area contributed by atoms with Crippen molar-refractivity contribution >= 4 is 15.4 Å². The van der Waals surface area contributed by atoms with Crippen molar-refractivity contribution in [2.75, 3.05) is 26.9 Å². The van der Waals surface area contributed by atoms with Crippen molar-refractivity contribution in [1.82, 2.24) is 5.32 Å². The summed E-state index contributed by atoms with van der Waals surface area (Å²) < 4.78 is 15.9. The van der Waals surface area contributed by atoms with E-state index in [1.54, 1.807) is 0 Å². The van der Waals surface area contributed by atoms with E-state index in [4.69, 9.17) is 8.85 Å². The van der Waals surface area contributed by atoms with Gasteiger partial charge in [0, 0.05) is 25.3 Å². The minimum atomic E-state index is -1.19. The molecule has 0 spiro atoms. The summed E-state index contributed by atoms with van der Waals surface area (Å²) in [5.41, 5.74) is 0.467. The average molecular weight is 276 g/mol. The Hall–Kier alpha value is -0.593. The molecule has 0 heterocycles. The highest BCUT2D eigenvalue weighted by atomic mass is 28.3. The first-order chi connectivity index (χ1) is 8.69. The maximum absolute atomic E-state index is 10.9. The molecule has 1 amide bonds. The molecule has 18 heavy (non-hydrogen) atoms. The standard InChI is InChI=1S/C12H26NO4Si/c1-5-11(18(16-6-2)17-7-3)9-8-10-13-12(14)15-4/h11H,5-10H2,1-4H3,(H,13,14). The van der Waals surface area contributed by atoms with Crippen molar-refractivity contribution in [1.29, 1.82) is 0 Å². The van der Waals surface area contributed by atoms with Gasteiger partial charge in [-0.2, -0.15) is 0 Å². The summed E-state index contributed by atoms with van der Waals surface area (Å²) in [6.07, 6.45) is 2.60. The first-order valence-electron chi connectivity index (χ1n) is 6.63. The van der Waals surface area contributed by atoms with Gasteiger partial charge in [-0.25, -0.2) is 4.79 Å². The molecule has 107 valence electrons. The maximum atomic E-state index is 10.9. The van der Waals surface area contributed by atoms with Crippen LogP contribution in [0.5, 0.6) is 0 Å². The number of alkyl carbamates (subject to hydrolysis) is 1. The zero-order chi connectivity index (χ0) is 13.8. The van der Waals surface area contributed by atoms with Gasteiger partial charge in [0.05, 0.1) is 7.11 Å². The van der Waals surface area contributed by atoms with Crippen molar-refractivity contribution in [3.63, 3.8) is 0 Å². The van der Waals surface area contributed by atoms with Gasteiger partial charge in [0.15, 0.2) is 0 Å². The number of rotatable bonds is 10. The Labute approximate surface area is 112 Å². The molecule has 0 aliphatic carbocycles. The molecule has 0 aliphatic rings. The van der Waals surface area contributed by atoms with Gasteiger partial charge in [-0.3, -0.25) is 0 Å². The lowest BCUT2D eigenvalue weighted by molar-refractivity contribution is 0.170. The molecule has 0 aromatic rings. The van der Waals surface area contributed by atoms with Crippen LogP contribution in [-0.2, 0) is 13.6 Å². The summed E-state index contributed by atoms with van der Waals surface area (Å²) in [7, 11) is 0.185. The van der Waals surface area contributed by atoms with Crippen LogP contribution in [0.2, 0.25) is 5.54 Å². The van der Waals surface area contributed by atoms with Crippen molar-refractivity contribution < 1.29 is 18.4 Å². The summed E-state index contributed by atoms with van der Waals surface area (Å²) in [4.78, 5) is 10.9. The van der Waals surface area contributed by atoms with Gasteiger partial charge in [-0.15, -0.1) is 0 Å². The summed E-state index contributed by atoms with van der Waals surface area (Å²) in [6.45, 7) is 8.18. The SMILES string of the molecule is CCO[Si](OCC)C(CC)CCCNC(=O)OC. The molecule has 1 N–H and O–H groups in total. The number of carbonyl (C=O) groups is 1. The van der Waals surface area contributed by atoms with E-state index in [2.05, 4.69) is 17.0 Å². The quantitative estimate of drug-likeness (QED) is 0.492. The largest absolute Gasteiger partial charge is 0.453 e. The Morgan fingerprint density at radius 3 is 2.28 bits per heavy atom. The first-order valence-corrected chi connectivity index (χ1v) is 8.03. The van der Waals surface area contributed by atoms with Crippen LogP contribution in [0.1, 0.15) is 40.0 Å². The molecular formula is C12H26NO4Si. The van der Waals surface area contributed by atoms with Gasteiger partial charge in [0.2, 0.25) is 0 Å². The average Bonchev–Trinajstić information content (AvgIpc) is 2.38. The van der Waals surface area contributed by atoms with Crippen molar-refractivity contribution in [3.05, 3.63) is 0 Å². The summed E-state index contributed by atoms with van der Waals surface area (Å²) in [5, 5.41) is 2.68. The van der Waals surface area contributed by atoms with Gasteiger partial charge in [-0.05, 0) is 26.7 Å². The van der Waals surface area contributed by atoms with Crippen LogP contribution < -0.4 is 5.32 Å². The van der Waals surface area contributed by atoms with Gasteiger partial charge < -0.3 is 18.9 Å². The number of nitrogens with one attached hydrogen (secondary N) is 1. The Bertz CT molecular complexity index is 210. The number of ether oxygens (including phenoxy) is 1. The van der Waals surface area contributed by atoms with Crippen LogP contribution in [0.25, 0.3) is 0 Å². The van der Waals surface area contributed by atoms with Crippen LogP contribution in [0.15, 0.2) is 0 Å². The van der Waals surface area contributed by atoms with Crippen molar-refractivity contribution in [3.8, 4) is 0 Å². The predicted octanol–water partition coefficient (Wildman–Crippen LogP) is 2.46. The van der Waals surface area contributed by atoms with E-state index in [1.165, 1.54) is 7.11 Å². The molecule has 0 aromatic carbocycles. The monoisotopic (exact) mass is 276 g/mol. The van der Waals surface area contributed by atoms with Crippen LogP contribution in [0.4, 0.5) is 4.79 Å². The first kappa shape index (κ1) is 17.4. The molecule has 1 atom stereocenters. The minimum absolute atomic E-state index is 0.372. The number of methoxy groups -OCH3 is 1. The Morgan fingerprint density at radius 1 is 1.22 bits per heavy atom. The highest BCUT2D eigenvalue weighted by Crippen LogP contribution is 2.23. The minimum Gasteiger partial charge on any atom is -0.453 e. The third-order valence-corrected chi connectivity index (χ3v) is 5.09. The van der Waals surface area contributed by atoms with Crippen molar-refractivity contribution in [2.24, 2.45) is 0 Å². The Kier molecular flexibility index (Phi) is 11.1. The molecule has 0 rings (SSSR count). The van der Waals surface area contributed by atoms with E-state index in [9.17, 15) is 4.79 Å². The van der Waals surface area contributed by atoms with Crippen LogP contribution in [0, 0.1) is 0 Å². The molecular weight excluding hydrogens is 250 g/mol. The molecule has 0 aromatic heterocycles. The van der Waals surface area contributed by atoms with Gasteiger partial charge in [-0.1, -0.05) is 13.3 Å². The van der Waals surface area contributed by atoms with E-state index in [0.717, 1.165) is 19.3 Å². The lowest BCUT2D eigenvalue weighted by atomic mass is 10.2. The van der Waals surface area contributed by atoms with Gasteiger partial charge in [0.25, 0.3) is 0 Å². The predicted molar refractivity (Wildman–Crippen MR) is 72.7 cm³/mol. The second-order valence-electron chi connectivity index (χ2n) is 3.85. The fourth-order valence-corrected chi connectivity index (χ4v) is 3.56. The molecule has 0 aliphatic heterocycles. The number of carbonyl (C=O) groups excluding carboxylic acids is 1. The van der Waals surface area contributed by atoms with Gasteiger partial charge >= 0.3 is 15.4 Å². The number of hydrogen-bond acceptors (Lipinski definition) is 4. The molecule has 0 saturated heterocycles. The Morgan fingerprint density at radius 2 is 1.83 bits per heavy atom. The summed E-state index contributed by atoms with van der Waals surface area (Å²) in [5.74, 6) is 0. The molecule has 5 nitrogen and oxygen atoms in total. The second kappa shape index (κ2) is 11.5. The Balaban J connectivity index is 3.94. The maximum Gasteiger partial charge on any atom is 0.406 e. The highest BCUT2D eigenvalue weighted by molar-refractivity contribution is 6.46. The molecule has 6 heteroatoms. The lowest BCUT2D eigenvalue weighted by Crippen LogP contribution is -2.30. The van der Waals surface area contributed by atoms with Crippen LogP contribution in [-0.4, -0.2) is 42.2 Å². The number of amides is 1. The third kappa shape index (κ3) is 7.68. The summed E-state index contributed by atoms with van der Waals surface area (Å²) in [6, 6.07) is 0. The summed E-state index contributed by atoms with van der Waals surface area (Å²) >= 11 is 0. The van der Waals surface area contributed by atoms with E-state index >= 15 is 0 Å². The van der Waals surface area contributed by atoms with Crippen molar-refractivity contribution in [2.45, 2.75) is 45.6 Å². The molecule has 0 saturated carbocycles. The third-order valence-electron chi connectivity index (χ3n) is 2.58. The fraction of sp³-hybridized carbons (Fsp3) is 0.917. The highest BCUT2D eigenvalue weighted by Gasteiger charge is 2.25. The van der Waals surface area contributed by atoms with E-state index in [0.29, 0.717) is 25.3 Å². The van der Waals surface area contributed by atoms with Crippen LogP contribution >= 0.6 is 0 Å². The zero-order valence-electron chi connectivity index (χ0n) is 12.0. The molecule has 1 radical (unpaired) electrons. The second-order valence-corrected chi connectivity index (χ2v) is 5.88. The van der Waals surface area contributed by atoms with E-state index in [-0.39, 0.29) is 6.09 Å². The zero-order valence-corrected chi connectivity index (χ0v) is 13.0. The lowest BCUT2D eigenvalue weighted by Gasteiger charge is -2.22. The van der Waals surface area contributed by atoms with Gasteiger partial charge in [0.1, 0.15) is 0 Å². The van der Waals surface area contributed by atoms with E-state index < -0.39 is 9.28 Å². The molecule has 1 unspecified atom stereocenters. The smallest absolute Gasteiger partial charge is 0.406 e. The fourth-order valence-electron chi connectivity index (χ4n) is 1.66. The molecule has 0 bridgehead atoms.